The Morgan fingerprint density at radius 2 is 1.74 bits per heavy atom. The second kappa shape index (κ2) is 12.0. The van der Waals surface area contributed by atoms with Crippen molar-refractivity contribution in [2.24, 2.45) is 0 Å². The average molecular weight is 531 g/mol. The predicted molar refractivity (Wildman–Crippen MR) is 150 cm³/mol. The molecule has 0 aliphatic heterocycles. The van der Waals surface area contributed by atoms with Crippen LogP contribution in [0.1, 0.15) is 36.6 Å². The van der Waals surface area contributed by atoms with E-state index in [1.807, 2.05) is 36.4 Å². The maximum Gasteiger partial charge on any atom is 0.307 e. The van der Waals surface area contributed by atoms with Gasteiger partial charge >= 0.3 is 4.87 Å². The van der Waals surface area contributed by atoms with Gasteiger partial charge in [0.25, 0.3) is 0 Å². The van der Waals surface area contributed by atoms with Gasteiger partial charge in [0.2, 0.25) is 5.88 Å². The van der Waals surface area contributed by atoms with E-state index < -0.39 is 0 Å². The first-order valence-electron chi connectivity index (χ1n) is 12.8. The highest BCUT2D eigenvalue weighted by atomic mass is 32.1. The third-order valence-corrected chi connectivity index (χ3v) is 7.25. The maximum atomic E-state index is 11.4. The highest BCUT2D eigenvalue weighted by Crippen LogP contribution is 2.33. The van der Waals surface area contributed by atoms with Crippen LogP contribution in [0.4, 0.5) is 0 Å². The van der Waals surface area contributed by atoms with Crippen molar-refractivity contribution in [2.75, 3.05) is 13.2 Å². The van der Waals surface area contributed by atoms with Crippen LogP contribution in [-0.4, -0.2) is 28.5 Å². The fourth-order valence-electron chi connectivity index (χ4n) is 4.45. The summed E-state index contributed by atoms with van der Waals surface area (Å²) in [6, 6.07) is 21.8. The number of aryl methyl sites for hydroxylation is 3. The van der Waals surface area contributed by atoms with E-state index in [-0.39, 0.29) is 10.8 Å². The van der Waals surface area contributed by atoms with Gasteiger partial charge in [0.15, 0.2) is 5.58 Å². The third kappa shape index (κ3) is 5.92. The molecule has 38 heavy (non-hydrogen) atoms. The first-order chi connectivity index (χ1) is 18.6. The standard InChI is InChI=1S/C30H30N2O5S/c1-2-7-24-26(17-15-23-25(32-37-27(23)24)16-10-20-8-4-3-5-9-20)36-19-6-18-35-22-13-11-21(12-14-22)28-29(33)31-30(34)38-28/h3-5,8-9,11-15,17,33H,2,6-7,10,16,18-19H2,1H3,(H,31,34). The van der Waals surface area contributed by atoms with E-state index >= 15 is 0 Å². The summed E-state index contributed by atoms with van der Waals surface area (Å²) >= 11 is 0.974. The van der Waals surface area contributed by atoms with Crippen molar-refractivity contribution in [3.63, 3.8) is 0 Å². The zero-order valence-corrected chi connectivity index (χ0v) is 22.1. The number of H-pyrrole nitrogens is 1. The summed E-state index contributed by atoms with van der Waals surface area (Å²) < 4.78 is 17.8. The molecule has 0 aliphatic rings. The lowest BCUT2D eigenvalue weighted by atomic mass is 10.0. The van der Waals surface area contributed by atoms with Gasteiger partial charge in [-0.2, -0.15) is 0 Å². The molecule has 196 valence electrons. The van der Waals surface area contributed by atoms with Crippen molar-refractivity contribution < 1.29 is 19.1 Å². The molecule has 0 radical (unpaired) electrons. The topological polar surface area (TPSA) is 97.6 Å². The number of benzene rings is 3. The van der Waals surface area contributed by atoms with Crippen LogP contribution in [0.3, 0.4) is 0 Å². The van der Waals surface area contributed by atoms with Crippen LogP contribution in [0.2, 0.25) is 0 Å². The van der Waals surface area contributed by atoms with Gasteiger partial charge in [-0.1, -0.05) is 60.2 Å². The van der Waals surface area contributed by atoms with Crippen LogP contribution in [0.5, 0.6) is 17.4 Å². The fraction of sp³-hybridized carbons (Fsp3) is 0.267. The Balaban J connectivity index is 1.16. The molecular formula is C30H30N2O5S. The molecule has 8 heteroatoms. The molecule has 2 aromatic heterocycles. The Kier molecular flexibility index (Phi) is 8.09. The van der Waals surface area contributed by atoms with E-state index in [0.717, 1.165) is 70.6 Å². The first-order valence-corrected chi connectivity index (χ1v) is 13.7. The second-order valence-electron chi connectivity index (χ2n) is 9.05. The maximum absolute atomic E-state index is 11.4. The van der Waals surface area contributed by atoms with Crippen molar-refractivity contribution in [2.45, 2.75) is 39.0 Å². The monoisotopic (exact) mass is 530 g/mol. The largest absolute Gasteiger partial charge is 0.493 e. The number of thiazole rings is 1. The number of aromatic amines is 1. The number of hydrogen-bond acceptors (Lipinski definition) is 7. The van der Waals surface area contributed by atoms with E-state index in [1.165, 1.54) is 5.56 Å². The minimum Gasteiger partial charge on any atom is -0.493 e. The summed E-state index contributed by atoms with van der Waals surface area (Å²) in [6.45, 7) is 3.16. The number of rotatable bonds is 12. The second-order valence-corrected chi connectivity index (χ2v) is 10.0. The highest BCUT2D eigenvalue weighted by molar-refractivity contribution is 7.13. The van der Waals surface area contributed by atoms with Gasteiger partial charge in [-0.15, -0.1) is 0 Å². The van der Waals surface area contributed by atoms with Gasteiger partial charge < -0.3 is 19.1 Å². The van der Waals surface area contributed by atoms with Gasteiger partial charge in [0.1, 0.15) is 11.5 Å². The van der Waals surface area contributed by atoms with Gasteiger partial charge in [-0.3, -0.25) is 9.78 Å². The first kappa shape index (κ1) is 25.6. The van der Waals surface area contributed by atoms with Gasteiger partial charge in [-0.05, 0) is 66.8 Å². The molecule has 2 N–H and O–H groups in total. The SMILES string of the molecule is CCCc1c(OCCCOc2ccc(-c3sc(=O)[nH]c3O)cc2)ccc2c(CCc3ccccc3)noc12. The molecule has 3 aromatic carbocycles. The Morgan fingerprint density at radius 3 is 2.47 bits per heavy atom. The minimum atomic E-state index is -0.286. The number of nitrogens with one attached hydrogen (secondary N) is 1. The zero-order chi connectivity index (χ0) is 26.3. The van der Waals surface area contributed by atoms with Crippen molar-refractivity contribution >= 4 is 22.3 Å². The fourth-order valence-corrected chi connectivity index (χ4v) is 5.18. The van der Waals surface area contributed by atoms with Crippen molar-refractivity contribution in [3.05, 3.63) is 93.2 Å². The smallest absolute Gasteiger partial charge is 0.307 e. The van der Waals surface area contributed by atoms with Crippen LogP contribution in [-0.2, 0) is 19.3 Å². The summed E-state index contributed by atoms with van der Waals surface area (Å²) in [6.07, 6.45) is 4.29. The van der Waals surface area contributed by atoms with Crippen LogP contribution in [0.15, 0.2) is 76.0 Å². The van der Waals surface area contributed by atoms with Crippen LogP contribution in [0, 0.1) is 0 Å². The van der Waals surface area contributed by atoms with E-state index in [1.54, 1.807) is 0 Å². The predicted octanol–water partition coefficient (Wildman–Crippen LogP) is 6.54. The Morgan fingerprint density at radius 1 is 0.947 bits per heavy atom. The summed E-state index contributed by atoms with van der Waals surface area (Å²) in [5, 5.41) is 15.3. The minimum absolute atomic E-state index is 0.111. The highest BCUT2D eigenvalue weighted by Gasteiger charge is 2.16. The molecule has 0 saturated carbocycles. The van der Waals surface area contributed by atoms with Crippen LogP contribution >= 0.6 is 11.3 Å². The Bertz CT molecular complexity index is 1540. The molecule has 0 spiro atoms. The van der Waals surface area contributed by atoms with Crippen molar-refractivity contribution in [1.82, 2.24) is 10.1 Å². The summed E-state index contributed by atoms with van der Waals surface area (Å²) in [5.41, 5.74) is 4.91. The van der Waals surface area contributed by atoms with Gasteiger partial charge in [0, 0.05) is 17.4 Å². The number of aromatic nitrogens is 2. The molecule has 0 atom stereocenters. The number of fused-ring (bicyclic) bond motifs is 1. The van der Waals surface area contributed by atoms with E-state index in [9.17, 15) is 9.90 Å². The van der Waals surface area contributed by atoms with Crippen molar-refractivity contribution in [1.29, 1.82) is 0 Å². The molecule has 0 saturated heterocycles. The zero-order valence-electron chi connectivity index (χ0n) is 21.2. The molecule has 0 fully saturated rings. The van der Waals surface area contributed by atoms with E-state index in [0.29, 0.717) is 30.3 Å². The number of hydrogen-bond donors (Lipinski definition) is 2. The Hall–Kier alpha value is -4.04. The normalized spacial score (nSPS) is 11.2. The number of nitrogens with zero attached hydrogens (tertiary/aromatic N) is 1. The number of aromatic hydroxyl groups is 1. The summed E-state index contributed by atoms with van der Waals surface area (Å²) in [5.74, 6) is 1.44. The van der Waals surface area contributed by atoms with Crippen LogP contribution in [0.25, 0.3) is 21.4 Å². The lowest BCUT2D eigenvalue weighted by Crippen LogP contribution is -2.06. The lowest BCUT2D eigenvalue weighted by Gasteiger charge is -2.12. The summed E-state index contributed by atoms with van der Waals surface area (Å²) in [4.78, 5) is 14.0. The average Bonchev–Trinajstić information content (AvgIpc) is 3.51. The third-order valence-electron chi connectivity index (χ3n) is 6.33. The molecule has 5 aromatic rings. The van der Waals surface area contributed by atoms with Crippen molar-refractivity contribution in [3.8, 4) is 27.8 Å². The Labute approximate surface area is 224 Å². The lowest BCUT2D eigenvalue weighted by molar-refractivity contribution is 0.246. The summed E-state index contributed by atoms with van der Waals surface area (Å²) in [7, 11) is 0. The molecule has 2 heterocycles. The molecular weight excluding hydrogens is 500 g/mol. The molecule has 0 unspecified atom stereocenters. The van der Waals surface area contributed by atoms with Gasteiger partial charge in [-0.25, -0.2) is 0 Å². The molecule has 0 aliphatic carbocycles. The van der Waals surface area contributed by atoms with E-state index in [4.69, 9.17) is 14.0 Å². The quantitative estimate of drug-likeness (QED) is 0.178. The molecule has 0 amide bonds. The molecule has 0 bridgehead atoms. The molecule has 5 rings (SSSR count). The van der Waals surface area contributed by atoms with Crippen LogP contribution < -0.4 is 14.3 Å². The van der Waals surface area contributed by atoms with Gasteiger partial charge in [0.05, 0.1) is 23.8 Å². The number of ether oxygens (including phenoxy) is 2. The molecule has 7 nitrogen and oxygen atoms in total. The van der Waals surface area contributed by atoms with E-state index in [2.05, 4.69) is 47.4 Å².